The van der Waals surface area contributed by atoms with Crippen LogP contribution in [-0.4, -0.2) is 32.6 Å². The molecule has 0 aliphatic rings. The Kier molecular flexibility index (Phi) is 7.34. The van der Waals surface area contributed by atoms with E-state index in [2.05, 4.69) is 42.0 Å². The Hall–Kier alpha value is -3.56. The highest BCUT2D eigenvalue weighted by Crippen LogP contribution is 2.20. The van der Waals surface area contributed by atoms with Gasteiger partial charge in [0.05, 0.1) is 5.02 Å². The molecule has 174 valence electrons. The summed E-state index contributed by atoms with van der Waals surface area (Å²) in [6.07, 6.45) is 2.72. The van der Waals surface area contributed by atoms with Gasteiger partial charge in [0.2, 0.25) is 11.9 Å². The number of nitrogens with one attached hydrogen (secondary N) is 4. The van der Waals surface area contributed by atoms with Gasteiger partial charge in [-0.2, -0.15) is 0 Å². The number of aromatic amines is 1. The third-order valence-electron chi connectivity index (χ3n) is 4.95. The Morgan fingerprint density at radius 2 is 1.85 bits per heavy atom. The molecule has 0 saturated carbocycles. The Morgan fingerprint density at radius 1 is 1.09 bits per heavy atom. The Labute approximate surface area is 206 Å². The molecule has 2 heterocycles. The lowest BCUT2D eigenvalue weighted by Gasteiger charge is -2.14. The molecule has 2 aromatic carbocycles. The van der Waals surface area contributed by atoms with Crippen molar-refractivity contribution in [3.63, 3.8) is 0 Å². The molecule has 0 aliphatic carbocycles. The van der Waals surface area contributed by atoms with E-state index in [1.54, 1.807) is 6.07 Å². The van der Waals surface area contributed by atoms with Crippen LogP contribution < -0.4 is 16.0 Å². The molecule has 10 heteroatoms. The van der Waals surface area contributed by atoms with Crippen molar-refractivity contribution >= 4 is 57.4 Å². The number of hydrogen-bond acceptors (Lipinski definition) is 4. The Morgan fingerprint density at radius 3 is 2.62 bits per heavy atom. The summed E-state index contributed by atoms with van der Waals surface area (Å²) in [6.45, 7) is 4.28. The van der Waals surface area contributed by atoms with Crippen LogP contribution in [0.2, 0.25) is 5.02 Å². The average Bonchev–Trinajstić information content (AvgIpc) is 3.19. The first-order chi connectivity index (χ1) is 16.4. The van der Waals surface area contributed by atoms with Crippen molar-refractivity contribution < 1.29 is 4.39 Å². The van der Waals surface area contributed by atoms with Crippen LogP contribution in [0.1, 0.15) is 17.0 Å². The van der Waals surface area contributed by atoms with Crippen molar-refractivity contribution in [3.05, 3.63) is 82.5 Å². The summed E-state index contributed by atoms with van der Waals surface area (Å²) in [5.41, 5.74) is 4.46. The molecule has 0 saturated heterocycles. The van der Waals surface area contributed by atoms with Crippen molar-refractivity contribution in [1.29, 1.82) is 0 Å². The molecular formula is C24H23ClFN7S. The van der Waals surface area contributed by atoms with Gasteiger partial charge >= 0.3 is 0 Å². The molecule has 0 amide bonds. The molecule has 0 atom stereocenters. The van der Waals surface area contributed by atoms with E-state index in [1.807, 2.05) is 44.3 Å². The third kappa shape index (κ3) is 6.06. The van der Waals surface area contributed by atoms with Gasteiger partial charge in [-0.25, -0.2) is 14.4 Å². The number of halogens is 2. The van der Waals surface area contributed by atoms with E-state index < -0.39 is 5.82 Å². The molecule has 0 unspecified atom stereocenters. The van der Waals surface area contributed by atoms with Crippen molar-refractivity contribution in [2.75, 3.05) is 17.2 Å². The maximum Gasteiger partial charge on any atom is 0.229 e. The van der Waals surface area contributed by atoms with E-state index in [0.717, 1.165) is 23.3 Å². The van der Waals surface area contributed by atoms with Crippen LogP contribution in [0.4, 0.5) is 16.0 Å². The molecule has 0 fully saturated rings. The fraction of sp³-hybridized carbons (Fsp3) is 0.167. The van der Waals surface area contributed by atoms with Gasteiger partial charge in [-0.05, 0) is 68.4 Å². The zero-order chi connectivity index (χ0) is 24.1. The minimum Gasteiger partial charge on any atom is -0.361 e. The number of para-hydroxylation sites is 1. The zero-order valence-electron chi connectivity index (χ0n) is 18.6. The van der Waals surface area contributed by atoms with Crippen LogP contribution in [0, 0.1) is 19.7 Å². The number of benzene rings is 2. The number of hydrogen-bond donors (Lipinski definition) is 4. The predicted octanol–water partition coefficient (Wildman–Crippen LogP) is 5.36. The van der Waals surface area contributed by atoms with Gasteiger partial charge in [-0.1, -0.05) is 29.8 Å². The highest BCUT2D eigenvalue weighted by atomic mass is 35.5. The van der Waals surface area contributed by atoms with Gasteiger partial charge < -0.3 is 15.6 Å². The minimum atomic E-state index is -0.501. The summed E-state index contributed by atoms with van der Waals surface area (Å²) in [6, 6.07) is 14.3. The summed E-state index contributed by atoms with van der Waals surface area (Å²) in [5.74, 6) is 0.290. The molecule has 7 nitrogen and oxygen atoms in total. The van der Waals surface area contributed by atoms with E-state index in [9.17, 15) is 4.39 Å². The van der Waals surface area contributed by atoms with Crippen LogP contribution in [0.25, 0.3) is 10.9 Å². The van der Waals surface area contributed by atoms with E-state index in [-0.39, 0.29) is 10.1 Å². The van der Waals surface area contributed by atoms with Gasteiger partial charge in [0.25, 0.3) is 0 Å². The molecule has 0 radical (unpaired) electrons. The zero-order valence-corrected chi connectivity index (χ0v) is 20.2. The maximum absolute atomic E-state index is 13.5. The molecule has 4 N–H and O–H groups in total. The summed E-state index contributed by atoms with van der Waals surface area (Å²) >= 11 is 11.3. The van der Waals surface area contributed by atoms with Crippen LogP contribution in [0.15, 0.2) is 59.7 Å². The highest BCUT2D eigenvalue weighted by molar-refractivity contribution is 7.80. The molecule has 0 spiro atoms. The summed E-state index contributed by atoms with van der Waals surface area (Å²) < 4.78 is 13.5. The quantitative estimate of drug-likeness (QED) is 0.169. The second-order valence-corrected chi connectivity index (χ2v) is 8.46. The number of rotatable bonds is 5. The van der Waals surface area contributed by atoms with Crippen LogP contribution >= 0.6 is 23.8 Å². The lowest BCUT2D eigenvalue weighted by Crippen LogP contribution is -2.39. The monoisotopic (exact) mass is 495 g/mol. The molecule has 4 rings (SSSR count). The van der Waals surface area contributed by atoms with Crippen molar-refractivity contribution in [2.24, 2.45) is 4.99 Å². The second kappa shape index (κ2) is 10.6. The number of nitrogens with zero attached hydrogens (tertiary/aromatic N) is 3. The largest absolute Gasteiger partial charge is 0.361 e. The highest BCUT2D eigenvalue weighted by Gasteiger charge is 2.09. The van der Waals surface area contributed by atoms with Gasteiger partial charge in [0.1, 0.15) is 5.82 Å². The lowest BCUT2D eigenvalue weighted by molar-refractivity contribution is 0.628. The van der Waals surface area contributed by atoms with Crippen molar-refractivity contribution in [3.8, 4) is 0 Å². The molecule has 0 bridgehead atoms. The molecule has 34 heavy (non-hydrogen) atoms. The molecule has 2 aromatic heterocycles. The van der Waals surface area contributed by atoms with Crippen molar-refractivity contribution in [2.45, 2.75) is 20.3 Å². The summed E-state index contributed by atoms with van der Waals surface area (Å²) in [4.78, 5) is 16.8. The van der Waals surface area contributed by atoms with Crippen molar-refractivity contribution in [1.82, 2.24) is 20.3 Å². The number of aromatic nitrogens is 3. The van der Waals surface area contributed by atoms with E-state index in [1.165, 1.54) is 23.1 Å². The van der Waals surface area contributed by atoms with Gasteiger partial charge in [-0.3, -0.25) is 10.3 Å². The van der Waals surface area contributed by atoms with Gasteiger partial charge in [-0.15, -0.1) is 0 Å². The Balaban J connectivity index is 1.50. The smallest absolute Gasteiger partial charge is 0.229 e. The number of H-pyrrole nitrogens is 1. The fourth-order valence-corrected chi connectivity index (χ4v) is 3.86. The standard InChI is InChI=1S/C24H23ClFN7S/c1-14-11-15(2)30-23(29-14)32-22(33-24(34)31-17-7-8-20(26)19(25)12-17)27-10-9-16-13-28-21-6-4-3-5-18(16)21/h3-8,11-13,28H,9-10H2,1-2H3,(H3,27,29,30,31,32,33,34). The second-order valence-electron chi connectivity index (χ2n) is 7.65. The topological polar surface area (TPSA) is 90.0 Å². The third-order valence-corrected chi connectivity index (χ3v) is 5.44. The number of aliphatic imine (C=N–C) groups is 1. The van der Waals surface area contributed by atoms with E-state index in [4.69, 9.17) is 23.8 Å². The fourth-order valence-electron chi connectivity index (χ4n) is 3.47. The first-order valence-electron chi connectivity index (χ1n) is 10.6. The number of thiocarbonyl (C=S) groups is 1. The molecule has 0 aliphatic heterocycles. The molecule has 4 aromatic rings. The number of guanidine groups is 1. The van der Waals surface area contributed by atoms with Gasteiger partial charge in [0, 0.05) is 40.7 Å². The minimum absolute atomic E-state index is 0.00202. The first-order valence-corrected chi connectivity index (χ1v) is 11.4. The summed E-state index contributed by atoms with van der Waals surface area (Å²) in [5, 5.41) is 10.6. The predicted molar refractivity (Wildman–Crippen MR) is 140 cm³/mol. The van der Waals surface area contributed by atoms with Crippen LogP contribution in [0.3, 0.4) is 0 Å². The number of fused-ring (bicyclic) bond motifs is 1. The lowest BCUT2D eigenvalue weighted by atomic mass is 10.1. The summed E-state index contributed by atoms with van der Waals surface area (Å²) in [7, 11) is 0. The maximum atomic E-state index is 13.5. The first kappa shape index (κ1) is 23.6. The number of anilines is 2. The number of aryl methyl sites for hydroxylation is 2. The Bertz CT molecular complexity index is 1350. The van der Waals surface area contributed by atoms with Crippen LogP contribution in [0.5, 0.6) is 0 Å². The SMILES string of the molecule is Cc1cc(C)nc(NC(=NCCc2c[nH]c3ccccc23)NC(=S)Nc2ccc(F)c(Cl)c2)n1. The van der Waals surface area contributed by atoms with Gasteiger partial charge in [0.15, 0.2) is 5.11 Å². The average molecular weight is 496 g/mol. The van der Waals surface area contributed by atoms with Crippen LogP contribution in [-0.2, 0) is 6.42 Å². The van der Waals surface area contributed by atoms with E-state index in [0.29, 0.717) is 24.1 Å². The van der Waals surface area contributed by atoms with E-state index >= 15 is 0 Å². The molecular weight excluding hydrogens is 473 g/mol. The normalized spacial score (nSPS) is 11.5.